The van der Waals surface area contributed by atoms with Crippen molar-refractivity contribution in [3.05, 3.63) is 71.3 Å². The number of nitrogens with zero attached hydrogens (tertiary/aromatic N) is 4. The molecule has 2 aliphatic rings. The van der Waals surface area contributed by atoms with Crippen molar-refractivity contribution in [3.63, 3.8) is 0 Å². The van der Waals surface area contributed by atoms with Crippen molar-refractivity contribution >= 4 is 17.6 Å². The molecule has 0 spiro atoms. The fourth-order valence-corrected chi connectivity index (χ4v) is 4.46. The molecule has 0 unspecified atom stereocenters. The first-order valence-electron chi connectivity index (χ1n) is 12.6. The summed E-state index contributed by atoms with van der Waals surface area (Å²) in [4.78, 5) is 30.2. The molecule has 2 aliphatic heterocycles. The van der Waals surface area contributed by atoms with E-state index in [2.05, 4.69) is 15.3 Å². The molecule has 0 aliphatic carbocycles. The lowest BCUT2D eigenvalue weighted by Crippen LogP contribution is -2.50. The number of hydrazone groups is 1. The van der Waals surface area contributed by atoms with Crippen molar-refractivity contribution in [2.24, 2.45) is 5.10 Å². The molecule has 8 nitrogen and oxygen atoms in total. The van der Waals surface area contributed by atoms with E-state index in [1.807, 2.05) is 13.8 Å². The topological polar surface area (TPSA) is 77.5 Å². The van der Waals surface area contributed by atoms with Crippen LogP contribution < -0.4 is 5.32 Å². The lowest BCUT2D eigenvalue weighted by atomic mass is 9.98. The SMILES string of the molecule is CC(C)NC(=O)N(CCN1CCOCC1)CC(=O)N1N=C(c2ccc(F)cc2)C[C@@H]1c1ccccc1F. The fourth-order valence-electron chi connectivity index (χ4n) is 4.46. The van der Waals surface area contributed by atoms with E-state index in [0.29, 0.717) is 43.1 Å². The molecule has 10 heteroatoms. The Morgan fingerprint density at radius 3 is 2.49 bits per heavy atom. The molecular formula is C27H33F2N5O3. The number of rotatable bonds is 8. The summed E-state index contributed by atoms with van der Waals surface area (Å²) in [6, 6.07) is 11.0. The predicted molar refractivity (Wildman–Crippen MR) is 136 cm³/mol. The van der Waals surface area contributed by atoms with Gasteiger partial charge >= 0.3 is 6.03 Å². The molecule has 1 N–H and O–H groups in total. The summed E-state index contributed by atoms with van der Waals surface area (Å²) in [5.74, 6) is -1.25. The molecule has 2 aromatic rings. The number of hydrogen-bond acceptors (Lipinski definition) is 5. The average Bonchev–Trinajstić information content (AvgIpc) is 3.32. The summed E-state index contributed by atoms with van der Waals surface area (Å²) >= 11 is 0. The van der Waals surface area contributed by atoms with E-state index in [-0.39, 0.29) is 30.9 Å². The first kappa shape index (κ1) is 26.7. The number of halogens is 2. The Hall–Kier alpha value is -3.37. The highest BCUT2D eigenvalue weighted by Gasteiger charge is 2.36. The Morgan fingerprint density at radius 2 is 1.81 bits per heavy atom. The molecular weight excluding hydrogens is 480 g/mol. The quantitative estimate of drug-likeness (QED) is 0.587. The van der Waals surface area contributed by atoms with Gasteiger partial charge in [-0.25, -0.2) is 18.6 Å². The van der Waals surface area contributed by atoms with Crippen LogP contribution in [0.25, 0.3) is 0 Å². The molecule has 0 bridgehead atoms. The predicted octanol–water partition coefficient (Wildman–Crippen LogP) is 3.39. The van der Waals surface area contributed by atoms with Crippen LogP contribution >= 0.6 is 0 Å². The summed E-state index contributed by atoms with van der Waals surface area (Å²) in [6.07, 6.45) is 0.268. The summed E-state index contributed by atoms with van der Waals surface area (Å²) in [5.41, 5.74) is 1.54. The molecule has 4 rings (SSSR count). The highest BCUT2D eigenvalue weighted by Crippen LogP contribution is 2.34. The van der Waals surface area contributed by atoms with Gasteiger partial charge < -0.3 is 15.0 Å². The van der Waals surface area contributed by atoms with Gasteiger partial charge in [0.05, 0.1) is 25.0 Å². The third-order valence-corrected chi connectivity index (χ3v) is 6.42. The number of morpholine rings is 1. The first-order chi connectivity index (χ1) is 17.8. The van der Waals surface area contributed by atoms with Gasteiger partial charge in [0.2, 0.25) is 0 Å². The molecule has 0 saturated carbocycles. The van der Waals surface area contributed by atoms with Gasteiger partial charge in [0.1, 0.15) is 18.2 Å². The van der Waals surface area contributed by atoms with Gasteiger partial charge in [-0.1, -0.05) is 30.3 Å². The zero-order valence-corrected chi connectivity index (χ0v) is 21.2. The second-order valence-corrected chi connectivity index (χ2v) is 9.51. The number of benzene rings is 2. The Bertz CT molecular complexity index is 1120. The van der Waals surface area contributed by atoms with Crippen molar-refractivity contribution in [2.45, 2.75) is 32.4 Å². The van der Waals surface area contributed by atoms with E-state index in [9.17, 15) is 18.4 Å². The number of amides is 3. The molecule has 3 amide bonds. The summed E-state index contributed by atoms with van der Waals surface area (Å²) < 4.78 is 33.7. The molecule has 0 radical (unpaired) electrons. The van der Waals surface area contributed by atoms with Crippen molar-refractivity contribution in [3.8, 4) is 0 Å². The van der Waals surface area contributed by atoms with Crippen LogP contribution in [0.15, 0.2) is 53.6 Å². The van der Waals surface area contributed by atoms with E-state index in [0.717, 1.165) is 13.1 Å². The molecule has 1 fully saturated rings. The summed E-state index contributed by atoms with van der Waals surface area (Å²) in [6.45, 7) is 7.24. The van der Waals surface area contributed by atoms with E-state index >= 15 is 0 Å². The normalized spacial score (nSPS) is 18.1. The zero-order valence-electron chi connectivity index (χ0n) is 21.2. The third-order valence-electron chi connectivity index (χ3n) is 6.42. The fraction of sp³-hybridized carbons (Fsp3) is 0.444. The van der Waals surface area contributed by atoms with Crippen LogP contribution in [0.4, 0.5) is 13.6 Å². The second-order valence-electron chi connectivity index (χ2n) is 9.51. The van der Waals surface area contributed by atoms with Crippen LogP contribution in [0.1, 0.15) is 37.4 Å². The minimum atomic E-state index is -0.678. The Morgan fingerprint density at radius 1 is 1.11 bits per heavy atom. The van der Waals surface area contributed by atoms with Crippen LogP contribution in [0.5, 0.6) is 0 Å². The van der Waals surface area contributed by atoms with Crippen LogP contribution in [0.2, 0.25) is 0 Å². The van der Waals surface area contributed by atoms with Gasteiger partial charge in [0.25, 0.3) is 5.91 Å². The summed E-state index contributed by atoms with van der Waals surface area (Å²) in [5, 5.41) is 8.66. The molecule has 1 saturated heterocycles. The molecule has 37 heavy (non-hydrogen) atoms. The van der Waals surface area contributed by atoms with Gasteiger partial charge in [0, 0.05) is 44.2 Å². The lowest BCUT2D eigenvalue weighted by Gasteiger charge is -2.31. The van der Waals surface area contributed by atoms with E-state index in [1.165, 1.54) is 28.1 Å². The molecule has 198 valence electrons. The second kappa shape index (κ2) is 12.2. The number of carbonyl (C=O) groups excluding carboxylic acids is 2. The third kappa shape index (κ3) is 6.90. The van der Waals surface area contributed by atoms with E-state index in [1.54, 1.807) is 30.3 Å². The number of urea groups is 1. The summed E-state index contributed by atoms with van der Waals surface area (Å²) in [7, 11) is 0. The van der Waals surface area contributed by atoms with Crippen molar-refractivity contribution in [1.29, 1.82) is 0 Å². The maximum absolute atomic E-state index is 14.8. The molecule has 0 aromatic heterocycles. The van der Waals surface area contributed by atoms with Crippen molar-refractivity contribution in [1.82, 2.24) is 20.1 Å². The number of nitrogens with one attached hydrogen (secondary N) is 1. The van der Waals surface area contributed by atoms with E-state index in [4.69, 9.17) is 4.74 Å². The van der Waals surface area contributed by atoms with Gasteiger partial charge in [-0.05, 0) is 37.6 Å². The standard InChI is InChI=1S/C27H33F2N5O3/c1-19(2)30-27(36)33(12-11-32-13-15-37-16-14-32)18-26(35)34-25(22-5-3-4-6-23(22)29)17-24(31-34)20-7-9-21(28)10-8-20/h3-10,19,25H,11-18H2,1-2H3,(H,30,36)/t25-/m1/s1. The first-order valence-corrected chi connectivity index (χ1v) is 12.6. The number of carbonyl (C=O) groups is 2. The lowest BCUT2D eigenvalue weighted by molar-refractivity contribution is -0.133. The van der Waals surface area contributed by atoms with Crippen LogP contribution in [-0.4, -0.2) is 84.4 Å². The van der Waals surface area contributed by atoms with Gasteiger partial charge in [-0.3, -0.25) is 9.69 Å². The minimum absolute atomic E-state index is 0.102. The smallest absolute Gasteiger partial charge is 0.318 e. The average molecular weight is 514 g/mol. The molecule has 1 atom stereocenters. The van der Waals surface area contributed by atoms with Crippen LogP contribution in [-0.2, 0) is 9.53 Å². The van der Waals surface area contributed by atoms with Gasteiger partial charge in [0.15, 0.2) is 0 Å². The highest BCUT2D eigenvalue weighted by molar-refractivity contribution is 6.03. The minimum Gasteiger partial charge on any atom is -0.379 e. The highest BCUT2D eigenvalue weighted by atomic mass is 19.1. The Kier molecular flexibility index (Phi) is 8.83. The van der Waals surface area contributed by atoms with Crippen LogP contribution in [0, 0.1) is 11.6 Å². The number of ether oxygens (including phenoxy) is 1. The molecule has 2 heterocycles. The molecule has 2 aromatic carbocycles. The Labute approximate surface area is 215 Å². The van der Waals surface area contributed by atoms with E-state index < -0.39 is 17.8 Å². The Balaban J connectivity index is 1.56. The zero-order chi connectivity index (χ0) is 26.4. The largest absolute Gasteiger partial charge is 0.379 e. The van der Waals surface area contributed by atoms with Gasteiger partial charge in [-0.15, -0.1) is 0 Å². The monoisotopic (exact) mass is 513 g/mol. The van der Waals surface area contributed by atoms with Crippen molar-refractivity contribution in [2.75, 3.05) is 45.9 Å². The van der Waals surface area contributed by atoms with Gasteiger partial charge in [-0.2, -0.15) is 5.10 Å². The maximum Gasteiger partial charge on any atom is 0.318 e. The maximum atomic E-state index is 14.8. The van der Waals surface area contributed by atoms with Crippen LogP contribution in [0.3, 0.4) is 0 Å². The number of hydrogen-bond donors (Lipinski definition) is 1. The van der Waals surface area contributed by atoms with Crippen molar-refractivity contribution < 1.29 is 23.1 Å².